The van der Waals surface area contributed by atoms with Crippen LogP contribution in [0.2, 0.25) is 0 Å². The van der Waals surface area contributed by atoms with Gasteiger partial charge in [-0.15, -0.1) is 0 Å². The molecular formula is C33H40N6O3. The Labute approximate surface area is 247 Å². The van der Waals surface area contributed by atoms with Gasteiger partial charge in [-0.3, -0.25) is 9.59 Å². The lowest BCUT2D eigenvalue weighted by molar-refractivity contribution is 0.0923. The van der Waals surface area contributed by atoms with Crippen molar-refractivity contribution >= 4 is 23.3 Å². The van der Waals surface area contributed by atoms with Crippen molar-refractivity contribution in [3.63, 3.8) is 0 Å². The molecule has 1 aromatic heterocycles. The van der Waals surface area contributed by atoms with Crippen LogP contribution in [0.15, 0.2) is 60.8 Å². The molecule has 1 unspecified atom stereocenters. The van der Waals surface area contributed by atoms with Gasteiger partial charge in [-0.2, -0.15) is 0 Å². The monoisotopic (exact) mass is 568 g/mol. The van der Waals surface area contributed by atoms with Gasteiger partial charge in [0.2, 0.25) is 0 Å². The van der Waals surface area contributed by atoms with Crippen molar-refractivity contribution in [2.45, 2.75) is 57.3 Å². The van der Waals surface area contributed by atoms with Gasteiger partial charge >= 0.3 is 0 Å². The van der Waals surface area contributed by atoms with E-state index in [2.05, 4.69) is 50.0 Å². The highest BCUT2D eigenvalue weighted by atomic mass is 16.5. The Morgan fingerprint density at radius 1 is 0.976 bits per heavy atom. The van der Waals surface area contributed by atoms with Crippen LogP contribution in [0.3, 0.4) is 0 Å². The smallest absolute Gasteiger partial charge is 0.253 e. The molecule has 220 valence electrons. The lowest BCUT2D eigenvalue weighted by atomic mass is 9.96. The normalized spacial score (nSPS) is 21.6. The molecular weight excluding hydrogens is 528 g/mol. The number of benzene rings is 2. The third-order valence-electron chi connectivity index (χ3n) is 8.96. The zero-order chi connectivity index (χ0) is 29.1. The SMILES string of the molecule is COc1cccc(C(=O)NC2C[C@H]3CC[C@@H](C2)N3c2ccc(C(=O)NCc3ccc(N4CCNCC4)cc3)cn2)c1C. The Hall–Kier alpha value is -4.11. The van der Waals surface area contributed by atoms with E-state index >= 15 is 0 Å². The lowest BCUT2D eigenvalue weighted by Crippen LogP contribution is -2.50. The number of ether oxygens (including phenoxy) is 1. The fourth-order valence-electron chi connectivity index (χ4n) is 6.72. The fraction of sp³-hybridized carbons (Fsp3) is 0.424. The Kier molecular flexibility index (Phi) is 8.28. The second-order valence-electron chi connectivity index (χ2n) is 11.6. The van der Waals surface area contributed by atoms with E-state index in [1.807, 2.05) is 37.3 Å². The van der Waals surface area contributed by atoms with E-state index in [-0.39, 0.29) is 17.9 Å². The molecule has 4 heterocycles. The van der Waals surface area contributed by atoms with E-state index < -0.39 is 0 Å². The number of nitrogens with one attached hydrogen (secondary N) is 3. The quantitative estimate of drug-likeness (QED) is 0.382. The summed E-state index contributed by atoms with van der Waals surface area (Å²) < 4.78 is 5.39. The van der Waals surface area contributed by atoms with E-state index in [0.29, 0.717) is 29.8 Å². The van der Waals surface area contributed by atoms with Gasteiger partial charge in [-0.05, 0) is 74.6 Å². The van der Waals surface area contributed by atoms with Gasteiger partial charge in [0, 0.05) is 73.9 Å². The highest BCUT2D eigenvalue weighted by Gasteiger charge is 2.42. The van der Waals surface area contributed by atoms with Crippen LogP contribution >= 0.6 is 0 Å². The number of hydrogen-bond acceptors (Lipinski definition) is 7. The van der Waals surface area contributed by atoms with Crippen molar-refractivity contribution in [3.05, 3.63) is 83.0 Å². The number of nitrogens with zero attached hydrogens (tertiary/aromatic N) is 3. The number of piperidine rings is 1. The molecule has 0 saturated carbocycles. The van der Waals surface area contributed by atoms with E-state index in [1.165, 1.54) is 5.69 Å². The molecule has 0 radical (unpaired) electrons. The first-order chi connectivity index (χ1) is 20.5. The molecule has 9 nitrogen and oxygen atoms in total. The molecule has 3 atom stereocenters. The number of fused-ring (bicyclic) bond motifs is 2. The first kappa shape index (κ1) is 28.0. The summed E-state index contributed by atoms with van der Waals surface area (Å²) in [5.41, 5.74) is 4.36. The largest absolute Gasteiger partial charge is 0.496 e. The van der Waals surface area contributed by atoms with Crippen LogP contribution < -0.4 is 30.5 Å². The van der Waals surface area contributed by atoms with Crippen molar-refractivity contribution in [3.8, 4) is 5.75 Å². The Balaban J connectivity index is 1.02. The standard InChI is InChI=1S/C33H40N6O3/c1-22-29(4-3-5-30(22)42-2)33(41)37-25-18-27-11-12-28(19-25)39(27)31-13-8-24(21-35-31)32(40)36-20-23-6-9-26(10-7-23)38-16-14-34-15-17-38/h3-10,13,21,25,27-28,34H,11-12,14-20H2,1-2H3,(H,36,40)(H,37,41)/t25?,27-,28+. The van der Waals surface area contributed by atoms with Crippen LogP contribution in [0.25, 0.3) is 0 Å². The molecule has 3 saturated heterocycles. The number of aromatic nitrogens is 1. The molecule has 2 amide bonds. The number of carbonyl (C=O) groups excluding carboxylic acids is 2. The molecule has 3 aliphatic heterocycles. The zero-order valence-electron chi connectivity index (χ0n) is 24.4. The maximum absolute atomic E-state index is 13.1. The van der Waals surface area contributed by atoms with Crippen molar-refractivity contribution in [1.29, 1.82) is 0 Å². The fourth-order valence-corrected chi connectivity index (χ4v) is 6.72. The minimum atomic E-state index is -0.127. The van der Waals surface area contributed by atoms with Crippen molar-refractivity contribution in [2.75, 3.05) is 43.1 Å². The van der Waals surface area contributed by atoms with Crippen LogP contribution in [0.1, 0.15) is 57.5 Å². The van der Waals surface area contributed by atoms with Crippen LogP contribution in [0.5, 0.6) is 5.75 Å². The number of pyridine rings is 1. The van der Waals surface area contributed by atoms with E-state index in [9.17, 15) is 9.59 Å². The molecule has 3 N–H and O–H groups in total. The average molecular weight is 569 g/mol. The first-order valence-electron chi connectivity index (χ1n) is 15.0. The second kappa shape index (κ2) is 12.4. The summed E-state index contributed by atoms with van der Waals surface area (Å²) in [5.74, 6) is 1.45. The topological polar surface area (TPSA) is 98.8 Å². The second-order valence-corrected chi connectivity index (χ2v) is 11.6. The minimum absolute atomic E-state index is 0.0479. The molecule has 42 heavy (non-hydrogen) atoms. The molecule has 9 heteroatoms. The van der Waals surface area contributed by atoms with Gasteiger partial charge in [0.1, 0.15) is 11.6 Å². The molecule has 3 aromatic rings. The maximum Gasteiger partial charge on any atom is 0.253 e. The number of anilines is 2. The zero-order valence-corrected chi connectivity index (χ0v) is 24.4. The summed E-state index contributed by atoms with van der Waals surface area (Å²) in [5, 5.41) is 9.68. The predicted molar refractivity (Wildman–Crippen MR) is 164 cm³/mol. The number of methoxy groups -OCH3 is 1. The van der Waals surface area contributed by atoms with Gasteiger partial charge in [0.15, 0.2) is 0 Å². The highest BCUT2D eigenvalue weighted by molar-refractivity contribution is 5.96. The Morgan fingerprint density at radius 3 is 2.38 bits per heavy atom. The maximum atomic E-state index is 13.1. The minimum Gasteiger partial charge on any atom is -0.496 e. The van der Waals surface area contributed by atoms with Crippen LogP contribution in [0, 0.1) is 6.92 Å². The van der Waals surface area contributed by atoms with Gasteiger partial charge in [-0.25, -0.2) is 4.98 Å². The molecule has 0 aliphatic carbocycles. The Morgan fingerprint density at radius 2 is 1.71 bits per heavy atom. The van der Waals surface area contributed by atoms with E-state index in [1.54, 1.807) is 13.3 Å². The van der Waals surface area contributed by atoms with Crippen molar-refractivity contribution in [1.82, 2.24) is 20.9 Å². The number of hydrogen-bond donors (Lipinski definition) is 3. The highest BCUT2D eigenvalue weighted by Crippen LogP contribution is 2.38. The van der Waals surface area contributed by atoms with Crippen LogP contribution in [-0.4, -0.2) is 68.2 Å². The van der Waals surface area contributed by atoms with Gasteiger partial charge in [-0.1, -0.05) is 18.2 Å². The van der Waals surface area contributed by atoms with Crippen molar-refractivity contribution < 1.29 is 14.3 Å². The van der Waals surface area contributed by atoms with E-state index in [0.717, 1.165) is 74.6 Å². The summed E-state index contributed by atoms with van der Waals surface area (Å²) in [6, 6.07) is 18.6. The van der Waals surface area contributed by atoms with Crippen LogP contribution in [-0.2, 0) is 6.54 Å². The number of carbonyl (C=O) groups is 2. The molecule has 3 aliphatic rings. The molecule has 2 bridgehead atoms. The van der Waals surface area contributed by atoms with Crippen molar-refractivity contribution in [2.24, 2.45) is 0 Å². The lowest BCUT2D eigenvalue weighted by Gasteiger charge is -2.40. The molecule has 2 aromatic carbocycles. The summed E-state index contributed by atoms with van der Waals surface area (Å²) in [4.78, 5) is 35.4. The summed E-state index contributed by atoms with van der Waals surface area (Å²) in [7, 11) is 1.62. The third kappa shape index (κ3) is 5.92. The summed E-state index contributed by atoms with van der Waals surface area (Å²) >= 11 is 0. The predicted octanol–water partition coefficient (Wildman–Crippen LogP) is 3.67. The molecule has 6 rings (SSSR count). The summed E-state index contributed by atoms with van der Waals surface area (Å²) in [6.45, 7) is 6.43. The number of piperazine rings is 1. The van der Waals surface area contributed by atoms with Gasteiger partial charge in [0.05, 0.1) is 12.7 Å². The summed E-state index contributed by atoms with van der Waals surface area (Å²) in [6.07, 6.45) is 5.58. The third-order valence-corrected chi connectivity index (χ3v) is 8.96. The molecule has 3 fully saturated rings. The molecule has 0 spiro atoms. The number of rotatable bonds is 8. The van der Waals surface area contributed by atoms with Gasteiger partial charge < -0.3 is 30.5 Å². The van der Waals surface area contributed by atoms with Gasteiger partial charge in [0.25, 0.3) is 11.8 Å². The first-order valence-corrected chi connectivity index (χ1v) is 15.0. The van der Waals surface area contributed by atoms with E-state index in [4.69, 9.17) is 9.72 Å². The Bertz CT molecular complexity index is 1390. The van der Waals surface area contributed by atoms with Crippen LogP contribution in [0.4, 0.5) is 11.5 Å². The number of amides is 2. The average Bonchev–Trinajstić information content (AvgIpc) is 3.30.